The highest BCUT2D eigenvalue weighted by molar-refractivity contribution is 5.73. The minimum absolute atomic E-state index is 0.0744. The third kappa shape index (κ3) is 4.28. The molecule has 0 bridgehead atoms. The molecule has 2 N–H and O–H groups in total. The minimum atomic E-state index is -4.42. The van der Waals surface area contributed by atoms with Crippen molar-refractivity contribution in [2.24, 2.45) is 0 Å². The first-order chi connectivity index (χ1) is 11.3. The van der Waals surface area contributed by atoms with E-state index in [0.717, 1.165) is 12.1 Å². The fourth-order valence-electron chi connectivity index (χ4n) is 2.12. The van der Waals surface area contributed by atoms with Crippen LogP contribution in [0.15, 0.2) is 24.3 Å². The molecule has 0 aliphatic rings. The van der Waals surface area contributed by atoms with Gasteiger partial charge in [0.1, 0.15) is 6.04 Å². The summed E-state index contributed by atoms with van der Waals surface area (Å²) in [7, 11) is 0. The van der Waals surface area contributed by atoms with Crippen molar-refractivity contribution in [1.82, 2.24) is 25.5 Å². The maximum atomic E-state index is 12.6. The van der Waals surface area contributed by atoms with Crippen molar-refractivity contribution in [3.8, 4) is 5.69 Å². The van der Waals surface area contributed by atoms with E-state index in [9.17, 15) is 18.0 Å². The lowest BCUT2D eigenvalue weighted by Gasteiger charge is -2.13. The molecule has 1 aromatic carbocycles. The molecule has 1 unspecified atom stereocenters. The standard InChI is InChI=1S/C14H16F3N5O2/c1-2-3-11(13(23)24)18-8-12-19-20-21-22(12)10-6-4-9(5-7-10)14(15,16)17/h4-7,11,18H,2-3,8H2,1H3,(H,23,24). The average molecular weight is 343 g/mol. The van der Waals surface area contributed by atoms with Crippen molar-refractivity contribution in [1.29, 1.82) is 0 Å². The van der Waals surface area contributed by atoms with E-state index in [1.54, 1.807) is 0 Å². The molecule has 0 aliphatic heterocycles. The Morgan fingerprint density at radius 2 is 2.00 bits per heavy atom. The Balaban J connectivity index is 2.14. The molecule has 0 spiro atoms. The highest BCUT2D eigenvalue weighted by Crippen LogP contribution is 2.29. The second-order valence-electron chi connectivity index (χ2n) is 5.11. The van der Waals surface area contributed by atoms with Crippen molar-refractivity contribution in [2.75, 3.05) is 0 Å². The number of rotatable bonds is 7. The van der Waals surface area contributed by atoms with E-state index in [1.807, 2.05) is 6.92 Å². The fourth-order valence-corrected chi connectivity index (χ4v) is 2.12. The lowest BCUT2D eigenvalue weighted by atomic mass is 10.1. The third-order valence-electron chi connectivity index (χ3n) is 3.36. The quantitative estimate of drug-likeness (QED) is 0.799. The summed E-state index contributed by atoms with van der Waals surface area (Å²) in [6.45, 7) is 1.94. The van der Waals surface area contributed by atoms with E-state index >= 15 is 0 Å². The summed E-state index contributed by atoms with van der Waals surface area (Å²) < 4.78 is 39.0. The molecule has 0 radical (unpaired) electrons. The molecule has 130 valence electrons. The van der Waals surface area contributed by atoms with Crippen LogP contribution in [-0.4, -0.2) is 37.3 Å². The highest BCUT2D eigenvalue weighted by atomic mass is 19.4. The van der Waals surface area contributed by atoms with E-state index in [1.165, 1.54) is 16.8 Å². The molecular formula is C14H16F3N5O2. The maximum Gasteiger partial charge on any atom is 0.416 e. The minimum Gasteiger partial charge on any atom is -0.480 e. The molecule has 1 aromatic heterocycles. The Morgan fingerprint density at radius 1 is 1.33 bits per heavy atom. The van der Waals surface area contributed by atoms with Crippen LogP contribution >= 0.6 is 0 Å². The zero-order valence-electron chi connectivity index (χ0n) is 12.8. The molecule has 0 aliphatic carbocycles. The van der Waals surface area contributed by atoms with Crippen LogP contribution in [0, 0.1) is 0 Å². The van der Waals surface area contributed by atoms with E-state index < -0.39 is 23.8 Å². The number of nitrogens with zero attached hydrogens (tertiary/aromatic N) is 4. The molecule has 10 heteroatoms. The van der Waals surface area contributed by atoms with Gasteiger partial charge in [0.25, 0.3) is 0 Å². The van der Waals surface area contributed by atoms with Gasteiger partial charge in [-0.3, -0.25) is 10.1 Å². The van der Waals surface area contributed by atoms with Crippen LogP contribution in [-0.2, 0) is 17.5 Å². The van der Waals surface area contributed by atoms with E-state index in [-0.39, 0.29) is 6.54 Å². The summed E-state index contributed by atoms with van der Waals surface area (Å²) in [5, 5.41) is 22.9. The van der Waals surface area contributed by atoms with Gasteiger partial charge >= 0.3 is 12.1 Å². The number of aliphatic carboxylic acids is 1. The summed E-state index contributed by atoms with van der Waals surface area (Å²) in [4.78, 5) is 11.1. The van der Waals surface area contributed by atoms with E-state index in [4.69, 9.17) is 5.11 Å². The van der Waals surface area contributed by atoms with Gasteiger partial charge in [0.15, 0.2) is 5.82 Å². The lowest BCUT2D eigenvalue weighted by molar-refractivity contribution is -0.140. The van der Waals surface area contributed by atoms with Gasteiger partial charge in [-0.25, -0.2) is 0 Å². The van der Waals surface area contributed by atoms with Crippen LogP contribution in [0.4, 0.5) is 13.2 Å². The largest absolute Gasteiger partial charge is 0.480 e. The average Bonchev–Trinajstić information content (AvgIpc) is 2.99. The first-order valence-electron chi connectivity index (χ1n) is 7.24. The molecule has 24 heavy (non-hydrogen) atoms. The summed E-state index contributed by atoms with van der Waals surface area (Å²) in [5.41, 5.74) is -0.417. The number of aromatic nitrogens is 4. The zero-order valence-corrected chi connectivity index (χ0v) is 12.8. The SMILES string of the molecule is CCCC(NCc1nnnn1-c1ccc(C(F)(F)F)cc1)C(=O)O. The van der Waals surface area contributed by atoms with Gasteiger partial charge < -0.3 is 5.11 Å². The Labute approximate surface area is 135 Å². The van der Waals surface area contributed by atoms with Crippen molar-refractivity contribution in [3.63, 3.8) is 0 Å². The van der Waals surface area contributed by atoms with Gasteiger partial charge in [0, 0.05) is 0 Å². The van der Waals surface area contributed by atoms with E-state index in [2.05, 4.69) is 20.8 Å². The highest BCUT2D eigenvalue weighted by Gasteiger charge is 2.30. The Morgan fingerprint density at radius 3 is 2.54 bits per heavy atom. The molecule has 2 rings (SSSR count). The zero-order chi connectivity index (χ0) is 17.7. The van der Waals surface area contributed by atoms with Crippen molar-refractivity contribution in [3.05, 3.63) is 35.7 Å². The second kappa shape index (κ2) is 7.39. The topological polar surface area (TPSA) is 92.9 Å². The summed E-state index contributed by atoms with van der Waals surface area (Å²) in [5.74, 6) is -0.678. The van der Waals surface area contributed by atoms with Crippen LogP contribution in [0.1, 0.15) is 31.2 Å². The lowest BCUT2D eigenvalue weighted by Crippen LogP contribution is -2.36. The number of carboxylic acids is 1. The molecular weight excluding hydrogens is 327 g/mol. The monoisotopic (exact) mass is 343 g/mol. The van der Waals surface area contributed by atoms with Crippen LogP contribution in [0.3, 0.4) is 0 Å². The van der Waals surface area contributed by atoms with Gasteiger partial charge in [-0.05, 0) is 41.1 Å². The Hall–Kier alpha value is -2.49. The van der Waals surface area contributed by atoms with Gasteiger partial charge in [0.2, 0.25) is 0 Å². The molecule has 1 atom stereocenters. The number of hydrogen-bond donors (Lipinski definition) is 2. The molecule has 0 saturated carbocycles. The van der Waals surface area contributed by atoms with Crippen molar-refractivity contribution in [2.45, 2.75) is 38.5 Å². The van der Waals surface area contributed by atoms with Gasteiger partial charge in [-0.15, -0.1) is 5.10 Å². The number of hydrogen-bond acceptors (Lipinski definition) is 5. The number of alkyl halides is 3. The molecule has 0 saturated heterocycles. The predicted molar refractivity (Wildman–Crippen MR) is 77.3 cm³/mol. The van der Waals surface area contributed by atoms with Crippen molar-refractivity contribution < 1.29 is 23.1 Å². The number of halogens is 3. The number of benzene rings is 1. The van der Waals surface area contributed by atoms with Crippen LogP contribution in [0.2, 0.25) is 0 Å². The third-order valence-corrected chi connectivity index (χ3v) is 3.36. The van der Waals surface area contributed by atoms with Crippen LogP contribution < -0.4 is 5.32 Å². The predicted octanol–water partition coefficient (Wildman–Crippen LogP) is 2.02. The molecule has 2 aromatic rings. The van der Waals surface area contributed by atoms with Crippen LogP contribution in [0.25, 0.3) is 5.69 Å². The van der Waals surface area contributed by atoms with Crippen molar-refractivity contribution >= 4 is 5.97 Å². The molecule has 1 heterocycles. The first-order valence-corrected chi connectivity index (χ1v) is 7.24. The van der Waals surface area contributed by atoms with Gasteiger partial charge in [0.05, 0.1) is 17.8 Å². The Bertz CT molecular complexity index is 684. The number of carboxylic acid groups (broad SMARTS) is 1. The number of tetrazole rings is 1. The fraction of sp³-hybridized carbons (Fsp3) is 0.429. The van der Waals surface area contributed by atoms with E-state index in [0.29, 0.717) is 24.4 Å². The summed E-state index contributed by atoms with van der Waals surface area (Å²) in [6, 6.07) is 3.64. The first kappa shape index (κ1) is 17.9. The molecule has 0 fully saturated rings. The summed E-state index contributed by atoms with van der Waals surface area (Å²) in [6.07, 6.45) is -3.29. The molecule has 7 nitrogen and oxygen atoms in total. The normalized spacial score (nSPS) is 13.0. The van der Waals surface area contributed by atoms with Gasteiger partial charge in [-0.1, -0.05) is 13.3 Å². The molecule has 0 amide bonds. The maximum absolute atomic E-state index is 12.6. The van der Waals surface area contributed by atoms with Crippen LogP contribution in [0.5, 0.6) is 0 Å². The second-order valence-corrected chi connectivity index (χ2v) is 5.11. The smallest absolute Gasteiger partial charge is 0.416 e. The van der Waals surface area contributed by atoms with Gasteiger partial charge in [-0.2, -0.15) is 17.9 Å². The number of nitrogens with one attached hydrogen (secondary N) is 1. The number of carbonyl (C=O) groups is 1. The Kier molecular flexibility index (Phi) is 5.50. The summed E-state index contributed by atoms with van der Waals surface area (Å²) >= 11 is 0.